The number of pyridine rings is 1. The van der Waals surface area contributed by atoms with Gasteiger partial charge >= 0.3 is 5.97 Å². The van der Waals surface area contributed by atoms with E-state index in [2.05, 4.69) is 41.9 Å². The highest BCUT2D eigenvalue weighted by atomic mass is 16.6. The summed E-state index contributed by atoms with van der Waals surface area (Å²) in [5.74, 6) is 4.85. The zero-order valence-electron chi connectivity index (χ0n) is 60.8. The van der Waals surface area contributed by atoms with Crippen molar-refractivity contribution in [2.24, 2.45) is 17.0 Å². The molecule has 4 aromatic heterocycles. The van der Waals surface area contributed by atoms with Crippen molar-refractivity contribution in [3.8, 4) is 57.2 Å². The molecule has 4 aliphatic carbocycles. The molecule has 26 nitrogen and oxygen atoms in total. The first-order valence-electron chi connectivity index (χ1n) is 36.2. The average Bonchev–Trinajstić information content (AvgIpc) is 1.68. The zero-order chi connectivity index (χ0) is 75.6. The number of nitrogens with one attached hydrogen (secondary N) is 1. The van der Waals surface area contributed by atoms with Crippen LogP contribution in [0.1, 0.15) is 173 Å². The van der Waals surface area contributed by atoms with Crippen LogP contribution in [0.25, 0.3) is 38.9 Å². The molecular weight excluding hydrogens is 1360 g/mol. The van der Waals surface area contributed by atoms with E-state index in [0.29, 0.717) is 93.1 Å². The van der Waals surface area contributed by atoms with E-state index in [1.807, 2.05) is 87.5 Å². The van der Waals surface area contributed by atoms with E-state index < -0.39 is 27.3 Å². The summed E-state index contributed by atoms with van der Waals surface area (Å²) in [6.45, 7) is 5.80. The Morgan fingerprint density at radius 3 is 2.03 bits per heavy atom. The standard InChI is InChI=1S/C22H27N3O3.C20H16N2O4.C20H29NO5.C19H16N6O2/c1-15-24-21(28-25-15)16-6-5-11-22(13-16,14-23)17-9-10-19(26-2)20(12-17)27-18-7-3-4-8-18;23-20-17(13-21-24)10-15(9-14-5-2-1-3-6-14)11-19(20)16-7-4-8-18(12-16)22(25)26;1-13(2)11-16(20(23)25-4)21-19(22)14-9-10-17(24-3)18(12-14)26-15-7-5-6-8-15;26-25(27)14-7-2-6-13(11-14)17-18-15(8-3-9-20-18)19-22-21-16(24(19)23-17)10-12-4-1-5-12/h9-10,12,16,18H,3-8,11,13H2,1-2H3;1-8,10-13,23-24H,9H2;9-10,12-13,15-16H,5-8,11H2,1-4H3,(H,21,22);2-3,6-9,11-12H,1,4-5,10H2/b;21-13+;;/t16-,22-;;;/m0.../s1. The smallest absolute Gasteiger partial charge is 0.328 e. The van der Waals surface area contributed by atoms with Gasteiger partial charge in [-0.05, 0) is 179 Å². The molecule has 0 bridgehead atoms. The number of esters is 1. The van der Waals surface area contributed by atoms with Crippen LogP contribution >= 0.6 is 0 Å². The molecule has 4 heterocycles. The van der Waals surface area contributed by atoms with Crippen LogP contribution in [-0.2, 0) is 27.8 Å². The molecule has 1 amide bonds. The van der Waals surface area contributed by atoms with Crippen molar-refractivity contribution >= 4 is 46.0 Å². The molecule has 4 fully saturated rings. The van der Waals surface area contributed by atoms with Gasteiger partial charge in [0.15, 0.2) is 40.3 Å². The molecule has 107 heavy (non-hydrogen) atoms. The lowest BCUT2D eigenvalue weighted by Crippen LogP contribution is -2.42. The second-order valence-corrected chi connectivity index (χ2v) is 27.8. The van der Waals surface area contributed by atoms with Gasteiger partial charge in [0, 0.05) is 70.4 Å². The molecule has 14 rings (SSSR count). The number of amides is 1. The van der Waals surface area contributed by atoms with Gasteiger partial charge in [0.25, 0.3) is 17.3 Å². The molecule has 6 aromatic carbocycles. The number of fused-ring (bicyclic) bond motifs is 3. The minimum atomic E-state index is -0.672. The number of hydrogen-bond donors (Lipinski definition) is 3. The lowest BCUT2D eigenvalue weighted by atomic mass is 9.66. The predicted molar refractivity (Wildman–Crippen MR) is 400 cm³/mol. The van der Waals surface area contributed by atoms with Gasteiger partial charge in [0.05, 0.1) is 61.1 Å². The summed E-state index contributed by atoms with van der Waals surface area (Å²) in [4.78, 5) is 54.8. The maximum Gasteiger partial charge on any atom is 0.328 e. The number of benzene rings is 6. The molecule has 0 aliphatic heterocycles. The first-order valence-corrected chi connectivity index (χ1v) is 36.2. The van der Waals surface area contributed by atoms with Gasteiger partial charge in [0.1, 0.15) is 23.0 Å². The summed E-state index contributed by atoms with van der Waals surface area (Å²) in [6.07, 6.45) is 21.2. The minimum Gasteiger partial charge on any atom is -0.507 e. The number of oxime groups is 1. The van der Waals surface area contributed by atoms with Gasteiger partial charge in [0.2, 0.25) is 5.89 Å². The van der Waals surface area contributed by atoms with E-state index in [1.54, 1.807) is 73.5 Å². The number of hydrogen-bond acceptors (Lipinski definition) is 22. The summed E-state index contributed by atoms with van der Waals surface area (Å²) in [7, 11) is 4.56. The lowest BCUT2D eigenvalue weighted by molar-refractivity contribution is -0.385. The number of methoxy groups -OCH3 is 3. The topological polar surface area (TPSA) is 350 Å². The molecule has 10 aromatic rings. The molecule has 26 heteroatoms. The van der Waals surface area contributed by atoms with Crippen molar-refractivity contribution in [1.29, 1.82) is 5.26 Å². The Balaban J connectivity index is 0.000000142. The largest absolute Gasteiger partial charge is 0.507 e. The highest BCUT2D eigenvalue weighted by Gasteiger charge is 2.41. The number of nitro groups is 2. The van der Waals surface area contributed by atoms with Crippen LogP contribution in [0.3, 0.4) is 0 Å². The number of nitrogens with zero attached hydrogens (tertiary/aromatic N) is 11. The van der Waals surface area contributed by atoms with Gasteiger partial charge in [-0.25, -0.2) is 4.79 Å². The fraction of sp³-hybridized carbons (Fsp3) is 0.383. The van der Waals surface area contributed by atoms with Crippen molar-refractivity contribution in [2.75, 3.05) is 21.3 Å². The Hall–Kier alpha value is -11.9. The van der Waals surface area contributed by atoms with Gasteiger partial charge in [-0.1, -0.05) is 111 Å². The number of ether oxygens (including phenoxy) is 5. The summed E-state index contributed by atoms with van der Waals surface area (Å²) < 4.78 is 35.1. The fourth-order valence-corrected chi connectivity index (χ4v) is 14.2. The molecule has 4 aliphatic rings. The first kappa shape index (κ1) is 76.3. The van der Waals surface area contributed by atoms with Crippen LogP contribution in [0.5, 0.6) is 28.7 Å². The van der Waals surface area contributed by atoms with E-state index in [-0.39, 0.29) is 47.1 Å². The van der Waals surface area contributed by atoms with Crippen LogP contribution < -0.4 is 24.3 Å². The molecule has 3 N–H and O–H groups in total. The quantitative estimate of drug-likeness (QED) is 0.0186. The predicted octanol–water partition coefficient (Wildman–Crippen LogP) is 16.1. The molecular formula is C81H88N12O14. The van der Waals surface area contributed by atoms with Crippen molar-refractivity contribution in [3.05, 3.63) is 211 Å². The van der Waals surface area contributed by atoms with E-state index in [4.69, 9.17) is 38.5 Å². The molecule has 0 saturated heterocycles. The summed E-state index contributed by atoms with van der Waals surface area (Å²) in [5, 5.41) is 75.8. The van der Waals surface area contributed by atoms with Gasteiger partial charge in [-0.15, -0.1) is 10.2 Å². The van der Waals surface area contributed by atoms with Crippen LogP contribution in [0.4, 0.5) is 11.4 Å². The number of phenolic OH excluding ortho intramolecular Hbond substituents is 1. The maximum atomic E-state index is 12.6. The Morgan fingerprint density at radius 1 is 0.757 bits per heavy atom. The Kier molecular flexibility index (Phi) is 25.5. The normalized spacial score (nSPS) is 16.7. The number of carbonyl (C=O) groups is 2. The van der Waals surface area contributed by atoms with E-state index in [1.165, 1.54) is 63.5 Å². The number of nitro benzene ring substituents is 2. The Labute approximate surface area is 619 Å². The zero-order valence-corrected chi connectivity index (χ0v) is 60.8. The summed E-state index contributed by atoms with van der Waals surface area (Å²) in [5.41, 5.74) is 6.62. The number of aryl methyl sites for hydroxylation is 1. The number of aromatic hydroxyl groups is 1. The summed E-state index contributed by atoms with van der Waals surface area (Å²) in [6, 6.07) is 42.5. The molecule has 1 unspecified atom stereocenters. The van der Waals surface area contributed by atoms with E-state index in [0.717, 1.165) is 110 Å². The number of nitriles is 1. The molecule has 4 saturated carbocycles. The fourth-order valence-electron chi connectivity index (χ4n) is 14.2. The second kappa shape index (κ2) is 35.7. The average molecular weight is 1450 g/mol. The molecule has 556 valence electrons. The number of aromatic nitrogens is 7. The highest BCUT2D eigenvalue weighted by molar-refractivity contribution is 5.99. The SMILES string of the molecule is COC(=O)C(CC(C)C)NC(=O)c1ccc(OC)c(OC2CCCC2)c1.COc1ccc([C@@]2(C#N)CCC[C@H](c3nc(C)no3)C2)cc1OC1CCCC1.O=[N+]([O-])c1cccc(-c2cc(Cc3ccccc3)cc(/C=N/O)c2O)c1.O=[N+]([O-])c1cccc(-c2nn3c(CC4CCC4)nnc3c3cccnc23)c1. The third-order valence-corrected chi connectivity index (χ3v) is 19.9. The van der Waals surface area contributed by atoms with Crippen LogP contribution in [0.15, 0.2) is 155 Å². The monoisotopic (exact) mass is 1450 g/mol. The summed E-state index contributed by atoms with van der Waals surface area (Å²) >= 11 is 0. The van der Waals surface area contributed by atoms with Gasteiger partial charge in [-0.3, -0.25) is 30.0 Å². The Bertz CT molecular complexity index is 4830. The van der Waals surface area contributed by atoms with E-state index in [9.17, 15) is 40.2 Å². The van der Waals surface area contributed by atoms with Crippen molar-refractivity contribution in [3.63, 3.8) is 0 Å². The third-order valence-electron chi connectivity index (χ3n) is 19.9. The van der Waals surface area contributed by atoms with Crippen LogP contribution in [0.2, 0.25) is 0 Å². The Morgan fingerprint density at radius 2 is 1.42 bits per heavy atom. The maximum absolute atomic E-state index is 12.6. The van der Waals surface area contributed by atoms with Crippen molar-refractivity contribution in [2.45, 2.75) is 166 Å². The number of non-ortho nitro benzene ring substituents is 2. The number of carbonyl (C=O) groups excluding carboxylic acids is 2. The van der Waals surface area contributed by atoms with Crippen LogP contribution in [0, 0.1) is 50.3 Å². The molecule has 0 radical (unpaired) electrons. The minimum absolute atomic E-state index is 0.0249. The van der Waals surface area contributed by atoms with Crippen molar-refractivity contribution < 1.29 is 58.0 Å². The van der Waals surface area contributed by atoms with Crippen LogP contribution in [-0.4, -0.2) is 113 Å². The van der Waals surface area contributed by atoms with Gasteiger partial charge < -0.3 is 43.8 Å². The van der Waals surface area contributed by atoms with Gasteiger partial charge in [-0.2, -0.15) is 19.9 Å². The highest BCUT2D eigenvalue weighted by Crippen LogP contribution is 2.48. The second-order valence-electron chi connectivity index (χ2n) is 27.8. The first-order chi connectivity index (χ1) is 51.9. The number of phenols is 1. The lowest BCUT2D eigenvalue weighted by Gasteiger charge is -2.35. The molecule has 0 spiro atoms. The van der Waals surface area contributed by atoms with E-state index >= 15 is 0 Å². The molecule has 3 atom stereocenters. The third kappa shape index (κ3) is 19.0. The van der Waals surface area contributed by atoms with Crippen molar-refractivity contribution in [1.82, 2.24) is 40.3 Å². The number of rotatable bonds is 22.